The number of fused-ring (bicyclic) bond motifs is 4. The van der Waals surface area contributed by atoms with Gasteiger partial charge >= 0.3 is 0 Å². The molecule has 1 fully saturated rings. The molecule has 3 rings (SSSR count). The first kappa shape index (κ1) is 18.0. The molecule has 23 heavy (non-hydrogen) atoms. The van der Waals surface area contributed by atoms with Crippen molar-refractivity contribution >= 4 is 18.3 Å². The smallest absolute Gasteiger partial charge is 0.250 e. The molecule has 0 saturated carbocycles. The summed E-state index contributed by atoms with van der Waals surface area (Å²) in [6, 6.07) is 5.50. The Morgan fingerprint density at radius 1 is 1.17 bits per heavy atom. The minimum atomic E-state index is 0. The maximum atomic E-state index is 12.4. The zero-order valence-corrected chi connectivity index (χ0v) is 14.3. The molecule has 2 aliphatic heterocycles. The summed E-state index contributed by atoms with van der Waals surface area (Å²) in [7, 11) is 0. The molecule has 2 bridgehead atoms. The lowest BCUT2D eigenvalue weighted by Gasteiger charge is -2.42. The fourth-order valence-corrected chi connectivity index (χ4v) is 3.86. The van der Waals surface area contributed by atoms with Crippen molar-refractivity contribution < 1.29 is 4.79 Å². The van der Waals surface area contributed by atoms with Crippen molar-refractivity contribution in [1.82, 2.24) is 9.47 Å². The highest BCUT2D eigenvalue weighted by Gasteiger charge is 2.35. The van der Waals surface area contributed by atoms with Crippen LogP contribution in [-0.2, 0) is 11.3 Å². The number of carbonyl (C=O) groups excluding carboxylic acids is 1. The lowest BCUT2D eigenvalue weighted by Crippen LogP contribution is -2.49. The van der Waals surface area contributed by atoms with Gasteiger partial charge in [-0.15, -0.1) is 12.4 Å². The quantitative estimate of drug-likeness (QED) is 0.831. The molecular weight excluding hydrogens is 314 g/mol. The third-order valence-electron chi connectivity index (χ3n) is 4.93. The van der Waals surface area contributed by atoms with Crippen molar-refractivity contribution in [2.75, 3.05) is 19.6 Å². The molecule has 2 aliphatic rings. The summed E-state index contributed by atoms with van der Waals surface area (Å²) >= 11 is 0. The lowest BCUT2D eigenvalue weighted by atomic mass is 9.83. The van der Waals surface area contributed by atoms with Crippen LogP contribution in [0, 0.1) is 5.92 Å². The van der Waals surface area contributed by atoms with Crippen molar-refractivity contribution in [1.29, 1.82) is 0 Å². The Hall–Kier alpha value is -1.33. The number of unbranched alkanes of at least 4 members (excludes halogenated alkanes) is 2. The van der Waals surface area contributed by atoms with E-state index in [9.17, 15) is 9.59 Å². The van der Waals surface area contributed by atoms with E-state index in [-0.39, 0.29) is 23.9 Å². The van der Waals surface area contributed by atoms with E-state index in [1.54, 1.807) is 6.07 Å². The van der Waals surface area contributed by atoms with E-state index >= 15 is 0 Å². The zero-order valence-electron chi connectivity index (χ0n) is 13.4. The van der Waals surface area contributed by atoms with Gasteiger partial charge in [0, 0.05) is 43.7 Å². The third-order valence-corrected chi connectivity index (χ3v) is 4.93. The van der Waals surface area contributed by atoms with Crippen LogP contribution in [0.1, 0.15) is 43.7 Å². The molecule has 6 heteroatoms. The van der Waals surface area contributed by atoms with Gasteiger partial charge in [-0.05, 0) is 37.8 Å². The van der Waals surface area contributed by atoms with Gasteiger partial charge in [0.25, 0.3) is 5.56 Å². The highest BCUT2D eigenvalue weighted by atomic mass is 35.5. The number of aromatic nitrogens is 1. The Labute approximate surface area is 143 Å². The second-order valence-corrected chi connectivity index (χ2v) is 6.60. The van der Waals surface area contributed by atoms with Crippen molar-refractivity contribution in [3.8, 4) is 0 Å². The molecule has 1 saturated heterocycles. The van der Waals surface area contributed by atoms with E-state index in [1.165, 1.54) is 0 Å². The van der Waals surface area contributed by atoms with Crippen LogP contribution in [-0.4, -0.2) is 35.0 Å². The van der Waals surface area contributed by atoms with Crippen LogP contribution in [0.3, 0.4) is 0 Å². The van der Waals surface area contributed by atoms with Gasteiger partial charge in [-0.2, -0.15) is 0 Å². The number of hydrogen-bond donors (Lipinski definition) is 1. The molecule has 1 aromatic heterocycles. The lowest BCUT2D eigenvalue weighted by molar-refractivity contribution is -0.134. The number of amides is 1. The minimum absolute atomic E-state index is 0. The summed E-state index contributed by atoms with van der Waals surface area (Å²) in [5.41, 5.74) is 6.68. The Morgan fingerprint density at radius 2 is 2.00 bits per heavy atom. The molecule has 5 nitrogen and oxygen atoms in total. The second-order valence-electron chi connectivity index (χ2n) is 6.60. The Bertz CT molecular complexity index is 602. The van der Waals surface area contributed by atoms with E-state index < -0.39 is 0 Å². The van der Waals surface area contributed by atoms with Crippen molar-refractivity contribution in [3.05, 3.63) is 34.2 Å². The summed E-state index contributed by atoms with van der Waals surface area (Å²) in [6.45, 7) is 3.01. The molecule has 0 aromatic carbocycles. The SMILES string of the molecule is Cl.NCCCCCC(=O)N1C[C@H]2C[C@@H](C1)c1cccc(=O)n1C2. The first-order chi connectivity index (χ1) is 10.7. The summed E-state index contributed by atoms with van der Waals surface area (Å²) in [6.07, 6.45) is 4.68. The number of pyridine rings is 1. The van der Waals surface area contributed by atoms with Gasteiger partial charge in [-0.3, -0.25) is 9.59 Å². The average molecular weight is 340 g/mol. The molecular formula is C17H26ClN3O2. The van der Waals surface area contributed by atoms with Gasteiger partial charge in [0.05, 0.1) is 0 Å². The second kappa shape index (κ2) is 7.97. The molecule has 128 valence electrons. The van der Waals surface area contributed by atoms with Gasteiger partial charge < -0.3 is 15.2 Å². The summed E-state index contributed by atoms with van der Waals surface area (Å²) in [5, 5.41) is 0. The Balaban J connectivity index is 0.00000192. The summed E-state index contributed by atoms with van der Waals surface area (Å²) in [5.74, 6) is 0.993. The molecule has 0 unspecified atom stereocenters. The van der Waals surface area contributed by atoms with Gasteiger partial charge in [-0.1, -0.05) is 12.5 Å². The number of nitrogens with two attached hydrogens (primary N) is 1. The van der Waals surface area contributed by atoms with Crippen LogP contribution >= 0.6 is 12.4 Å². The monoisotopic (exact) mass is 339 g/mol. The van der Waals surface area contributed by atoms with E-state index in [0.29, 0.717) is 24.8 Å². The van der Waals surface area contributed by atoms with Crippen molar-refractivity contribution in [2.24, 2.45) is 11.7 Å². The number of piperidine rings is 1. The van der Waals surface area contributed by atoms with Gasteiger partial charge in [0.2, 0.25) is 5.91 Å². The molecule has 3 heterocycles. The molecule has 0 aliphatic carbocycles. The summed E-state index contributed by atoms with van der Waals surface area (Å²) < 4.78 is 1.90. The van der Waals surface area contributed by atoms with Crippen molar-refractivity contribution in [2.45, 2.75) is 44.6 Å². The number of rotatable bonds is 5. The normalized spacial score (nSPS) is 22.2. The number of carbonyl (C=O) groups is 1. The molecule has 1 amide bonds. The van der Waals surface area contributed by atoms with E-state index in [0.717, 1.165) is 51.0 Å². The number of halogens is 1. The van der Waals surface area contributed by atoms with Crippen LogP contribution in [0.5, 0.6) is 0 Å². The van der Waals surface area contributed by atoms with Gasteiger partial charge in [-0.25, -0.2) is 0 Å². The van der Waals surface area contributed by atoms with E-state index in [1.807, 2.05) is 21.6 Å². The van der Waals surface area contributed by atoms with Crippen LogP contribution in [0.25, 0.3) is 0 Å². The zero-order chi connectivity index (χ0) is 15.5. The van der Waals surface area contributed by atoms with Gasteiger partial charge in [0.1, 0.15) is 0 Å². The average Bonchev–Trinajstić information content (AvgIpc) is 2.52. The maximum Gasteiger partial charge on any atom is 0.250 e. The van der Waals surface area contributed by atoms with Crippen LogP contribution in [0.4, 0.5) is 0 Å². The fraction of sp³-hybridized carbons (Fsp3) is 0.647. The number of hydrogen-bond acceptors (Lipinski definition) is 3. The highest BCUT2D eigenvalue weighted by Crippen LogP contribution is 2.35. The topological polar surface area (TPSA) is 68.3 Å². The van der Waals surface area contributed by atoms with Crippen LogP contribution in [0.2, 0.25) is 0 Å². The molecule has 0 radical (unpaired) electrons. The van der Waals surface area contributed by atoms with E-state index in [4.69, 9.17) is 5.73 Å². The first-order valence-corrected chi connectivity index (χ1v) is 8.36. The highest BCUT2D eigenvalue weighted by molar-refractivity contribution is 5.85. The predicted molar refractivity (Wildman–Crippen MR) is 92.9 cm³/mol. The van der Waals surface area contributed by atoms with Crippen LogP contribution < -0.4 is 11.3 Å². The third kappa shape index (κ3) is 3.96. The van der Waals surface area contributed by atoms with Gasteiger partial charge in [0.15, 0.2) is 0 Å². The Morgan fingerprint density at radius 3 is 2.78 bits per heavy atom. The van der Waals surface area contributed by atoms with Crippen LogP contribution in [0.15, 0.2) is 23.0 Å². The largest absolute Gasteiger partial charge is 0.342 e. The molecule has 1 aromatic rings. The maximum absolute atomic E-state index is 12.4. The fourth-order valence-electron chi connectivity index (χ4n) is 3.86. The standard InChI is InChI=1S/C17H25N3O2.ClH/c18-8-3-1-2-6-16(21)19-10-13-9-14(12-19)15-5-4-7-17(22)20(15)11-13;/h4-5,7,13-14H,1-3,6,8-12,18H2;1H/t13-,14+;/m1./s1. The first-order valence-electron chi connectivity index (χ1n) is 8.36. The molecule has 2 atom stereocenters. The van der Waals surface area contributed by atoms with Crippen molar-refractivity contribution in [3.63, 3.8) is 0 Å². The summed E-state index contributed by atoms with van der Waals surface area (Å²) in [4.78, 5) is 26.4. The van der Waals surface area contributed by atoms with E-state index in [2.05, 4.69) is 0 Å². The molecule has 0 spiro atoms. The minimum Gasteiger partial charge on any atom is -0.342 e. The predicted octanol–water partition coefficient (Wildman–Crippen LogP) is 1.73. The Kier molecular flexibility index (Phi) is 6.25. The number of likely N-dealkylation sites (tertiary alicyclic amines) is 1. The molecule has 2 N–H and O–H groups in total. The number of nitrogens with zero attached hydrogens (tertiary/aromatic N) is 2.